The van der Waals surface area contributed by atoms with E-state index < -0.39 is 17.5 Å². The van der Waals surface area contributed by atoms with Crippen molar-refractivity contribution in [2.75, 3.05) is 19.0 Å². The van der Waals surface area contributed by atoms with Gasteiger partial charge in [-0.2, -0.15) is 0 Å². The summed E-state index contributed by atoms with van der Waals surface area (Å²) in [4.78, 5) is 24.8. The van der Waals surface area contributed by atoms with Gasteiger partial charge in [0.1, 0.15) is 11.3 Å². The number of hydrogen-bond acceptors (Lipinski definition) is 5. The molecule has 0 amide bonds. The molecule has 0 aliphatic carbocycles. The van der Waals surface area contributed by atoms with E-state index in [4.69, 9.17) is 21.4 Å². The van der Waals surface area contributed by atoms with Gasteiger partial charge in [0, 0.05) is 11.9 Å². The summed E-state index contributed by atoms with van der Waals surface area (Å²) < 4.78 is 6.70. The molecule has 8 heteroatoms. The van der Waals surface area contributed by atoms with Gasteiger partial charge in [0.2, 0.25) is 0 Å². The summed E-state index contributed by atoms with van der Waals surface area (Å²) in [6.07, 6.45) is 0.803. The maximum atomic E-state index is 11.6. The van der Waals surface area contributed by atoms with Crippen LogP contribution in [-0.4, -0.2) is 38.9 Å². The monoisotopic (exact) mass is 278 g/mol. The number of ether oxygens (including phenoxy) is 1. The van der Waals surface area contributed by atoms with Crippen LogP contribution in [0.4, 0.5) is 0 Å². The summed E-state index contributed by atoms with van der Waals surface area (Å²) in [7, 11) is 0. The van der Waals surface area contributed by atoms with Crippen LogP contribution >= 0.6 is 23.4 Å². The first-order chi connectivity index (χ1) is 8.11. The Morgan fingerprint density at radius 1 is 1.65 bits per heavy atom. The molecule has 1 saturated heterocycles. The second-order valence-corrected chi connectivity index (χ2v) is 5.31. The van der Waals surface area contributed by atoms with Crippen molar-refractivity contribution in [3.8, 4) is 0 Å². The van der Waals surface area contributed by atoms with Crippen LogP contribution in [0, 0.1) is 0 Å². The molecular formula is C9H11ClN2O4S. The van der Waals surface area contributed by atoms with Crippen LogP contribution in [0.1, 0.15) is 6.23 Å². The molecule has 1 aliphatic rings. The first-order valence-corrected chi connectivity index (χ1v) is 6.39. The Labute approximate surface area is 106 Å². The van der Waals surface area contributed by atoms with Gasteiger partial charge < -0.3 is 9.84 Å². The van der Waals surface area contributed by atoms with Crippen LogP contribution < -0.4 is 11.2 Å². The number of aromatic amines is 1. The molecule has 2 heterocycles. The largest absolute Gasteiger partial charge is 0.395 e. The molecule has 1 aromatic heterocycles. The van der Waals surface area contributed by atoms with E-state index in [1.54, 1.807) is 0 Å². The normalized spacial score (nSPS) is 24.8. The maximum absolute atomic E-state index is 11.6. The number of aromatic nitrogens is 2. The van der Waals surface area contributed by atoms with Crippen LogP contribution in [0.15, 0.2) is 15.8 Å². The van der Waals surface area contributed by atoms with Crippen molar-refractivity contribution in [3.63, 3.8) is 0 Å². The lowest BCUT2D eigenvalue weighted by molar-refractivity contribution is 0.00476. The van der Waals surface area contributed by atoms with Crippen molar-refractivity contribution < 1.29 is 9.84 Å². The maximum Gasteiger partial charge on any atom is 0.330 e. The van der Waals surface area contributed by atoms with Crippen molar-refractivity contribution in [1.29, 1.82) is 0 Å². The highest BCUT2D eigenvalue weighted by Crippen LogP contribution is 2.25. The van der Waals surface area contributed by atoms with Crippen molar-refractivity contribution in [2.24, 2.45) is 0 Å². The number of halogens is 1. The van der Waals surface area contributed by atoms with Crippen molar-refractivity contribution in [1.82, 2.24) is 9.55 Å². The Bertz CT molecular complexity index is 506. The second kappa shape index (κ2) is 5.26. The molecule has 0 bridgehead atoms. The second-order valence-electron chi connectivity index (χ2n) is 3.57. The Hall–Kier alpha value is -0.760. The standard InChI is InChI=1S/C9H11ClN2O4S/c10-6-1-12(9(15)11-8(6)14)7-4-17-5(2-13)3-16-7/h1,5,7,13H,2-4H2,(H,11,14,15). The van der Waals surface area contributed by atoms with Gasteiger partial charge in [0.05, 0.1) is 18.5 Å². The minimum Gasteiger partial charge on any atom is -0.395 e. The number of hydrogen-bond donors (Lipinski definition) is 2. The third-order valence-electron chi connectivity index (χ3n) is 2.39. The van der Waals surface area contributed by atoms with Gasteiger partial charge >= 0.3 is 5.69 Å². The fourth-order valence-corrected chi connectivity index (χ4v) is 2.60. The molecule has 0 spiro atoms. The minimum absolute atomic E-state index is 0.0279. The van der Waals surface area contributed by atoms with Crippen molar-refractivity contribution in [3.05, 3.63) is 32.1 Å². The molecule has 6 nitrogen and oxygen atoms in total. The van der Waals surface area contributed by atoms with E-state index in [2.05, 4.69) is 4.98 Å². The van der Waals surface area contributed by atoms with Gasteiger partial charge in [-0.3, -0.25) is 14.3 Å². The Kier molecular flexibility index (Phi) is 3.93. The quantitative estimate of drug-likeness (QED) is 0.784. The summed E-state index contributed by atoms with van der Waals surface area (Å²) in [6, 6.07) is 0. The van der Waals surface area contributed by atoms with E-state index in [-0.39, 0.29) is 16.9 Å². The van der Waals surface area contributed by atoms with Gasteiger partial charge in [-0.15, -0.1) is 11.8 Å². The third kappa shape index (κ3) is 2.74. The summed E-state index contributed by atoms with van der Waals surface area (Å²) in [5.74, 6) is 0.521. The van der Waals surface area contributed by atoms with Crippen LogP contribution in [0.25, 0.3) is 0 Å². The van der Waals surface area contributed by atoms with Crippen LogP contribution in [0.3, 0.4) is 0 Å². The van der Waals surface area contributed by atoms with Gasteiger partial charge in [0.25, 0.3) is 5.56 Å². The lowest BCUT2D eigenvalue weighted by Gasteiger charge is -2.28. The summed E-state index contributed by atoms with van der Waals surface area (Å²) in [5, 5.41) is 8.92. The van der Waals surface area contributed by atoms with Crippen molar-refractivity contribution in [2.45, 2.75) is 11.5 Å². The SMILES string of the molecule is O=c1[nH]c(=O)n(C2CSC(CO)CO2)cc1Cl. The molecule has 2 rings (SSSR count). The number of aliphatic hydroxyl groups is 1. The molecule has 2 unspecified atom stereocenters. The van der Waals surface area contributed by atoms with E-state index in [1.165, 1.54) is 22.5 Å². The predicted octanol–water partition coefficient (Wildman–Crippen LogP) is -0.187. The van der Waals surface area contributed by atoms with Gasteiger partial charge in [-0.05, 0) is 0 Å². The molecule has 0 saturated carbocycles. The van der Waals surface area contributed by atoms with Crippen LogP contribution in [0.5, 0.6) is 0 Å². The zero-order valence-electron chi connectivity index (χ0n) is 8.76. The van der Waals surface area contributed by atoms with Gasteiger partial charge in [0.15, 0.2) is 0 Å². The predicted molar refractivity (Wildman–Crippen MR) is 64.7 cm³/mol. The molecule has 1 fully saturated rings. The number of nitrogens with one attached hydrogen (secondary N) is 1. The number of thioether (sulfide) groups is 1. The Balaban J connectivity index is 2.22. The fraction of sp³-hybridized carbons (Fsp3) is 0.556. The molecule has 0 aromatic carbocycles. The molecule has 1 aliphatic heterocycles. The highest BCUT2D eigenvalue weighted by atomic mass is 35.5. The number of aliphatic hydroxyl groups excluding tert-OH is 1. The van der Waals surface area contributed by atoms with E-state index in [0.717, 1.165) is 0 Å². The molecule has 2 atom stereocenters. The van der Waals surface area contributed by atoms with E-state index >= 15 is 0 Å². The topological polar surface area (TPSA) is 84.3 Å². The van der Waals surface area contributed by atoms with Crippen LogP contribution in [0.2, 0.25) is 5.02 Å². The number of H-pyrrole nitrogens is 1. The molecule has 2 N–H and O–H groups in total. The fourth-order valence-electron chi connectivity index (χ4n) is 1.47. The number of nitrogens with zero attached hydrogens (tertiary/aromatic N) is 1. The average Bonchev–Trinajstić information content (AvgIpc) is 2.34. The van der Waals surface area contributed by atoms with Gasteiger partial charge in [-0.25, -0.2) is 4.79 Å². The van der Waals surface area contributed by atoms with Crippen molar-refractivity contribution >= 4 is 23.4 Å². The van der Waals surface area contributed by atoms with E-state index in [1.807, 2.05) is 0 Å². The molecular weight excluding hydrogens is 268 g/mol. The summed E-state index contributed by atoms with van der Waals surface area (Å²) in [5.41, 5.74) is -1.16. The first kappa shape index (κ1) is 12.7. The summed E-state index contributed by atoms with van der Waals surface area (Å²) in [6.45, 7) is 0.397. The highest BCUT2D eigenvalue weighted by molar-refractivity contribution is 8.00. The van der Waals surface area contributed by atoms with Gasteiger partial charge in [-0.1, -0.05) is 11.6 Å². The van der Waals surface area contributed by atoms with E-state index in [9.17, 15) is 9.59 Å². The Morgan fingerprint density at radius 3 is 3.00 bits per heavy atom. The molecule has 94 valence electrons. The highest BCUT2D eigenvalue weighted by Gasteiger charge is 2.24. The first-order valence-electron chi connectivity index (χ1n) is 4.97. The zero-order chi connectivity index (χ0) is 12.4. The minimum atomic E-state index is -0.607. The third-order valence-corrected chi connectivity index (χ3v) is 3.89. The lowest BCUT2D eigenvalue weighted by Crippen LogP contribution is -2.38. The molecule has 0 radical (unpaired) electrons. The number of rotatable bonds is 2. The smallest absolute Gasteiger partial charge is 0.330 e. The van der Waals surface area contributed by atoms with E-state index in [0.29, 0.717) is 12.4 Å². The average molecular weight is 279 g/mol. The molecule has 17 heavy (non-hydrogen) atoms. The van der Waals surface area contributed by atoms with Crippen LogP contribution in [-0.2, 0) is 4.74 Å². The molecule has 1 aromatic rings. The lowest BCUT2D eigenvalue weighted by atomic mass is 10.4. The Morgan fingerprint density at radius 2 is 2.41 bits per heavy atom. The zero-order valence-corrected chi connectivity index (χ0v) is 10.3. The summed E-state index contributed by atoms with van der Waals surface area (Å²) >= 11 is 7.17.